The van der Waals surface area contributed by atoms with Crippen molar-refractivity contribution in [1.82, 2.24) is 0 Å². The molecule has 0 radical (unpaired) electrons. The molecule has 23 heavy (non-hydrogen) atoms. The monoisotopic (exact) mass is 320 g/mol. The van der Waals surface area contributed by atoms with Gasteiger partial charge in [0.2, 0.25) is 0 Å². The van der Waals surface area contributed by atoms with Crippen molar-refractivity contribution in [2.75, 3.05) is 0 Å². The molecular formula is C21H20OS. The molecule has 0 fully saturated rings. The zero-order valence-electron chi connectivity index (χ0n) is 13.1. The summed E-state index contributed by atoms with van der Waals surface area (Å²) in [5.41, 5.74) is 0.788. The van der Waals surface area contributed by atoms with E-state index in [0.717, 1.165) is 10.5 Å². The van der Waals surface area contributed by atoms with Gasteiger partial charge >= 0.3 is 0 Å². The van der Waals surface area contributed by atoms with Gasteiger partial charge in [-0.2, -0.15) is 0 Å². The highest BCUT2D eigenvalue weighted by Crippen LogP contribution is 2.36. The average molecular weight is 320 g/mol. The Morgan fingerprint density at radius 2 is 1.52 bits per heavy atom. The lowest BCUT2D eigenvalue weighted by atomic mass is 9.84. The van der Waals surface area contributed by atoms with E-state index in [2.05, 4.69) is 43.4 Å². The minimum Gasteiger partial charge on any atom is -0.293 e. The Morgan fingerprint density at radius 1 is 0.913 bits per heavy atom. The predicted octanol–water partition coefficient (Wildman–Crippen LogP) is 5.41. The molecule has 3 unspecified atom stereocenters. The molecule has 2 aromatic rings. The van der Waals surface area contributed by atoms with Crippen molar-refractivity contribution in [2.24, 2.45) is 11.8 Å². The van der Waals surface area contributed by atoms with Crippen LogP contribution in [0.15, 0.2) is 89.9 Å². The van der Waals surface area contributed by atoms with Crippen LogP contribution >= 0.6 is 11.8 Å². The Balaban J connectivity index is 1.91. The second kappa shape index (κ2) is 7.47. The number of hydrogen-bond acceptors (Lipinski definition) is 2. The maximum absolute atomic E-state index is 13.1. The summed E-state index contributed by atoms with van der Waals surface area (Å²) >= 11 is 1.67. The Kier molecular flexibility index (Phi) is 5.14. The van der Waals surface area contributed by atoms with Gasteiger partial charge in [-0.05, 0) is 18.1 Å². The third-order valence-corrected chi connectivity index (χ3v) is 5.47. The zero-order chi connectivity index (χ0) is 16.1. The molecule has 0 saturated carbocycles. The van der Waals surface area contributed by atoms with Gasteiger partial charge in [0.15, 0.2) is 5.78 Å². The number of thioether (sulfide) groups is 1. The van der Waals surface area contributed by atoms with E-state index < -0.39 is 0 Å². The van der Waals surface area contributed by atoms with Crippen LogP contribution in [0.1, 0.15) is 17.3 Å². The summed E-state index contributed by atoms with van der Waals surface area (Å²) in [6.07, 6.45) is 8.48. The van der Waals surface area contributed by atoms with Gasteiger partial charge < -0.3 is 0 Å². The van der Waals surface area contributed by atoms with Gasteiger partial charge in [-0.3, -0.25) is 4.79 Å². The fourth-order valence-electron chi connectivity index (χ4n) is 2.83. The van der Waals surface area contributed by atoms with Gasteiger partial charge in [0.1, 0.15) is 0 Å². The first-order valence-corrected chi connectivity index (χ1v) is 8.79. The molecule has 0 aliphatic heterocycles. The minimum atomic E-state index is -0.115. The molecular weight excluding hydrogens is 300 g/mol. The van der Waals surface area contributed by atoms with E-state index in [0.29, 0.717) is 5.92 Å². The molecule has 3 rings (SSSR count). The summed E-state index contributed by atoms with van der Waals surface area (Å²) in [4.78, 5) is 14.3. The molecule has 1 nitrogen and oxygen atoms in total. The van der Waals surface area contributed by atoms with Crippen LogP contribution in [-0.2, 0) is 0 Å². The van der Waals surface area contributed by atoms with Crippen LogP contribution in [0, 0.1) is 11.8 Å². The molecule has 1 aliphatic rings. The van der Waals surface area contributed by atoms with E-state index in [1.807, 2.05) is 48.5 Å². The SMILES string of the molecule is CC1C=CC=CC1C(Sc1ccccc1)C(=O)c1ccccc1. The average Bonchev–Trinajstić information content (AvgIpc) is 2.61. The van der Waals surface area contributed by atoms with Crippen LogP contribution in [0.2, 0.25) is 0 Å². The van der Waals surface area contributed by atoms with Gasteiger partial charge in [-0.15, -0.1) is 11.8 Å². The summed E-state index contributed by atoms with van der Waals surface area (Å²) in [5, 5.41) is -0.115. The van der Waals surface area contributed by atoms with Crippen molar-refractivity contribution < 1.29 is 4.79 Å². The molecule has 2 heteroatoms. The third-order valence-electron chi connectivity index (χ3n) is 4.14. The smallest absolute Gasteiger partial charge is 0.176 e. The number of allylic oxidation sites excluding steroid dienone is 4. The van der Waals surface area contributed by atoms with E-state index in [1.165, 1.54) is 0 Å². The molecule has 0 bridgehead atoms. The van der Waals surface area contributed by atoms with Crippen LogP contribution in [0.5, 0.6) is 0 Å². The molecule has 1 aliphatic carbocycles. The summed E-state index contributed by atoms with van der Waals surface area (Å²) in [6, 6.07) is 19.8. The lowest BCUT2D eigenvalue weighted by Crippen LogP contribution is -2.30. The largest absolute Gasteiger partial charge is 0.293 e. The molecule has 3 atom stereocenters. The minimum absolute atomic E-state index is 0.115. The highest BCUT2D eigenvalue weighted by Gasteiger charge is 2.31. The lowest BCUT2D eigenvalue weighted by molar-refractivity contribution is 0.0971. The first-order chi connectivity index (χ1) is 11.3. The number of benzene rings is 2. The Labute approximate surface area is 142 Å². The topological polar surface area (TPSA) is 17.1 Å². The number of Topliss-reactive ketones (excluding diaryl/α,β-unsaturated/α-hetero) is 1. The maximum atomic E-state index is 13.1. The summed E-state index contributed by atoms with van der Waals surface area (Å²) in [6.45, 7) is 2.18. The van der Waals surface area contributed by atoms with Crippen LogP contribution in [0.4, 0.5) is 0 Å². The number of rotatable bonds is 5. The standard InChI is InChI=1S/C21H20OS/c1-16-10-8-9-15-19(16)21(23-18-13-6-3-7-14-18)20(22)17-11-4-2-5-12-17/h2-16,19,21H,1H3. The van der Waals surface area contributed by atoms with Crippen LogP contribution in [0.25, 0.3) is 0 Å². The van der Waals surface area contributed by atoms with Crippen LogP contribution < -0.4 is 0 Å². The summed E-state index contributed by atoms with van der Waals surface area (Å²) in [7, 11) is 0. The molecule has 0 N–H and O–H groups in total. The van der Waals surface area contributed by atoms with E-state index >= 15 is 0 Å². The Bertz CT molecular complexity index is 703. The second-order valence-corrected chi connectivity index (χ2v) is 7.00. The van der Waals surface area contributed by atoms with Gasteiger partial charge in [-0.25, -0.2) is 0 Å². The van der Waals surface area contributed by atoms with Crippen molar-refractivity contribution in [3.8, 4) is 0 Å². The first kappa shape index (κ1) is 15.8. The number of carbonyl (C=O) groups excluding carboxylic acids is 1. The fraction of sp³-hybridized carbons (Fsp3) is 0.190. The lowest BCUT2D eigenvalue weighted by Gasteiger charge is -2.28. The molecule has 116 valence electrons. The molecule has 0 spiro atoms. The normalized spacial score (nSPS) is 21.1. The molecule has 0 amide bonds. The first-order valence-electron chi connectivity index (χ1n) is 7.91. The molecule has 0 aromatic heterocycles. The second-order valence-electron chi connectivity index (χ2n) is 5.79. The predicted molar refractivity (Wildman–Crippen MR) is 97.8 cm³/mol. The fourth-order valence-corrected chi connectivity index (χ4v) is 4.18. The summed E-state index contributed by atoms with van der Waals surface area (Å²) < 4.78 is 0. The molecule has 0 saturated heterocycles. The number of hydrogen-bond donors (Lipinski definition) is 0. The van der Waals surface area contributed by atoms with Crippen molar-refractivity contribution in [2.45, 2.75) is 17.1 Å². The summed E-state index contributed by atoms with van der Waals surface area (Å²) in [5.74, 6) is 0.767. The van der Waals surface area contributed by atoms with Gasteiger partial charge in [0.05, 0.1) is 5.25 Å². The van der Waals surface area contributed by atoms with E-state index in [-0.39, 0.29) is 17.0 Å². The molecule has 0 heterocycles. The maximum Gasteiger partial charge on any atom is 0.176 e. The van der Waals surface area contributed by atoms with Crippen molar-refractivity contribution in [3.05, 3.63) is 90.5 Å². The van der Waals surface area contributed by atoms with Crippen molar-refractivity contribution in [1.29, 1.82) is 0 Å². The van der Waals surface area contributed by atoms with Gasteiger partial charge in [0.25, 0.3) is 0 Å². The van der Waals surface area contributed by atoms with Crippen LogP contribution in [0.3, 0.4) is 0 Å². The van der Waals surface area contributed by atoms with E-state index in [9.17, 15) is 4.79 Å². The Hall–Kier alpha value is -2.06. The third kappa shape index (κ3) is 3.83. The van der Waals surface area contributed by atoms with Crippen LogP contribution in [-0.4, -0.2) is 11.0 Å². The van der Waals surface area contributed by atoms with E-state index in [1.54, 1.807) is 11.8 Å². The Morgan fingerprint density at radius 3 is 2.17 bits per heavy atom. The highest BCUT2D eigenvalue weighted by molar-refractivity contribution is 8.00. The van der Waals surface area contributed by atoms with Crippen molar-refractivity contribution >= 4 is 17.5 Å². The highest BCUT2D eigenvalue weighted by atomic mass is 32.2. The zero-order valence-corrected chi connectivity index (χ0v) is 13.9. The van der Waals surface area contributed by atoms with Gasteiger partial charge in [-0.1, -0.05) is 79.8 Å². The number of carbonyl (C=O) groups is 1. The molecule has 2 aromatic carbocycles. The quantitative estimate of drug-likeness (QED) is 0.541. The van der Waals surface area contributed by atoms with Gasteiger partial charge in [0, 0.05) is 16.4 Å². The van der Waals surface area contributed by atoms with E-state index in [4.69, 9.17) is 0 Å². The van der Waals surface area contributed by atoms with Crippen molar-refractivity contribution in [3.63, 3.8) is 0 Å². The number of ketones is 1.